The van der Waals surface area contributed by atoms with Crippen molar-refractivity contribution >= 4 is 28.5 Å². The van der Waals surface area contributed by atoms with Gasteiger partial charge in [0.1, 0.15) is 0 Å². The molecule has 1 heterocycles. The van der Waals surface area contributed by atoms with E-state index in [4.69, 9.17) is 5.21 Å². The molecule has 2 aromatic rings. The van der Waals surface area contributed by atoms with Crippen LogP contribution in [-0.2, 0) is 0 Å². The van der Waals surface area contributed by atoms with Gasteiger partial charge in [-0.2, -0.15) is 0 Å². The number of fused-ring (bicyclic) bond motifs is 2. The predicted molar refractivity (Wildman–Crippen MR) is 105 cm³/mol. The van der Waals surface area contributed by atoms with Crippen molar-refractivity contribution in [2.24, 2.45) is 0 Å². The molecule has 2 aromatic carbocycles. The maximum Gasteiger partial charge on any atom is 0.267 e. The zero-order valence-corrected chi connectivity index (χ0v) is 14.4. The van der Waals surface area contributed by atoms with E-state index in [2.05, 4.69) is 47.2 Å². The Labute approximate surface area is 152 Å². The fraction of sp³-hybridized carbons (Fsp3) is 0.0952. The van der Waals surface area contributed by atoms with Crippen LogP contribution in [-0.4, -0.2) is 29.4 Å². The summed E-state index contributed by atoms with van der Waals surface area (Å²) in [5.41, 5.74) is 5.85. The molecule has 0 unspecified atom stereocenters. The molecule has 0 saturated heterocycles. The van der Waals surface area contributed by atoms with Crippen LogP contribution in [0.15, 0.2) is 84.5 Å². The number of hydrogen-bond donors (Lipinski definition) is 1. The fourth-order valence-corrected chi connectivity index (χ4v) is 3.34. The van der Waals surface area contributed by atoms with E-state index < -0.39 is 0 Å². The van der Waals surface area contributed by atoms with Crippen molar-refractivity contribution < 1.29 is 10.1 Å². The lowest BCUT2D eigenvalue weighted by molar-refractivity contribution is -0.725. The van der Waals surface area contributed by atoms with Crippen LogP contribution < -0.4 is 9.80 Å². The normalized spacial score (nSPS) is 15.0. The number of allylic oxidation sites excluding steroid dienone is 5. The van der Waals surface area contributed by atoms with Crippen LogP contribution in [0.4, 0.5) is 22.7 Å². The van der Waals surface area contributed by atoms with Gasteiger partial charge >= 0.3 is 0 Å². The predicted octanol–water partition coefficient (Wildman–Crippen LogP) is 4.30. The summed E-state index contributed by atoms with van der Waals surface area (Å²) in [7, 11) is 2.08. The van der Waals surface area contributed by atoms with Gasteiger partial charge in [0, 0.05) is 30.6 Å². The van der Waals surface area contributed by atoms with Crippen molar-refractivity contribution in [1.29, 1.82) is 0 Å². The second-order valence-electron chi connectivity index (χ2n) is 6.22. The molecule has 4 rings (SSSR count). The second kappa shape index (κ2) is 6.44. The molecule has 1 aliphatic carbocycles. The molecule has 0 spiro atoms. The molecule has 0 amide bonds. The van der Waals surface area contributed by atoms with Gasteiger partial charge in [0.2, 0.25) is 0 Å². The van der Waals surface area contributed by atoms with E-state index in [1.165, 1.54) is 0 Å². The van der Waals surface area contributed by atoms with Crippen LogP contribution in [0.2, 0.25) is 0 Å². The molecular formula is C21H19N3O2. The van der Waals surface area contributed by atoms with Gasteiger partial charge in [-0.3, -0.25) is 5.21 Å². The van der Waals surface area contributed by atoms with Crippen molar-refractivity contribution in [2.75, 3.05) is 23.4 Å². The molecule has 26 heavy (non-hydrogen) atoms. The third-order valence-electron chi connectivity index (χ3n) is 4.69. The van der Waals surface area contributed by atoms with Gasteiger partial charge in [0.05, 0.1) is 22.7 Å². The van der Waals surface area contributed by atoms with E-state index in [1.54, 1.807) is 12.2 Å². The van der Waals surface area contributed by atoms with E-state index in [-0.39, 0.29) is 10.6 Å². The van der Waals surface area contributed by atoms with Gasteiger partial charge in [-0.25, -0.2) is 0 Å². The van der Waals surface area contributed by atoms with Crippen molar-refractivity contribution in [3.63, 3.8) is 0 Å². The third kappa shape index (κ3) is 2.73. The van der Waals surface area contributed by atoms with E-state index in [0.717, 1.165) is 28.3 Å². The molecule has 1 N–H and O–H groups in total. The largest absolute Gasteiger partial charge is 0.417 e. The average molecular weight is 345 g/mol. The summed E-state index contributed by atoms with van der Waals surface area (Å²) in [4.78, 5) is 4.36. The van der Waals surface area contributed by atoms with Crippen molar-refractivity contribution in [2.45, 2.75) is 0 Å². The molecule has 5 nitrogen and oxygen atoms in total. The monoisotopic (exact) mass is 345 g/mol. The van der Waals surface area contributed by atoms with E-state index in [9.17, 15) is 5.21 Å². The quantitative estimate of drug-likeness (QED) is 0.501. The summed E-state index contributed by atoms with van der Waals surface area (Å²) < 4.78 is 0. The van der Waals surface area contributed by atoms with Crippen LogP contribution in [0.3, 0.4) is 0 Å². The van der Waals surface area contributed by atoms with Crippen LogP contribution in [0.25, 0.3) is 0 Å². The van der Waals surface area contributed by atoms with Crippen molar-refractivity contribution in [3.8, 4) is 0 Å². The van der Waals surface area contributed by atoms with E-state index >= 15 is 0 Å². The Kier molecular flexibility index (Phi) is 3.97. The number of para-hydroxylation sites is 4. The average Bonchev–Trinajstić information content (AvgIpc) is 2.68. The number of hydrogen-bond acceptors (Lipinski definition) is 4. The molecular weight excluding hydrogens is 326 g/mol. The highest BCUT2D eigenvalue weighted by atomic mass is 16.8. The first-order valence-corrected chi connectivity index (χ1v) is 8.44. The number of anilines is 4. The lowest BCUT2D eigenvalue weighted by Gasteiger charge is -2.38. The Morgan fingerprint density at radius 1 is 0.885 bits per heavy atom. The molecule has 0 bridgehead atoms. The first-order chi connectivity index (χ1) is 12.6. The Morgan fingerprint density at radius 2 is 1.38 bits per heavy atom. The van der Waals surface area contributed by atoms with Crippen LogP contribution >= 0.6 is 0 Å². The summed E-state index contributed by atoms with van der Waals surface area (Å²) in [5, 5.41) is 19.9. The molecule has 0 radical (unpaired) electrons. The van der Waals surface area contributed by atoms with Gasteiger partial charge < -0.3 is 15.0 Å². The van der Waals surface area contributed by atoms with Crippen LogP contribution in [0.5, 0.6) is 0 Å². The standard InChI is InChI=1S/C21H19N3O2/c1-22-18-6-2-4-8-20(18)23(21-9-5-3-7-19(21)22)15-14-16-10-12-17(13-11-16)24(25)26/h2-14H,15H2,1H3,(H,25,26). The minimum atomic E-state index is -0.128. The molecule has 1 aliphatic heterocycles. The Hall–Kier alpha value is -3.47. The Balaban J connectivity index is 1.69. The summed E-state index contributed by atoms with van der Waals surface area (Å²) in [6.45, 7) is 0.696. The molecule has 0 fully saturated rings. The SMILES string of the molecule is CN1c2ccccc2N(CC=C2C=CC(=[N+]([O-])O)C=C2)c2ccccc21. The Bertz CT molecular complexity index is 903. The van der Waals surface area contributed by atoms with Crippen LogP contribution in [0.1, 0.15) is 0 Å². The maximum atomic E-state index is 10.9. The lowest BCUT2D eigenvalue weighted by atomic mass is 10.1. The van der Waals surface area contributed by atoms with E-state index in [1.807, 2.05) is 36.4 Å². The Morgan fingerprint density at radius 3 is 1.88 bits per heavy atom. The first-order valence-electron chi connectivity index (χ1n) is 8.44. The smallest absolute Gasteiger partial charge is 0.267 e. The minimum absolute atomic E-state index is 0.128. The molecule has 0 aromatic heterocycles. The maximum absolute atomic E-state index is 10.9. The highest BCUT2D eigenvalue weighted by Gasteiger charge is 2.24. The zero-order chi connectivity index (χ0) is 18.1. The fourth-order valence-electron chi connectivity index (χ4n) is 3.34. The summed E-state index contributed by atoms with van der Waals surface area (Å²) >= 11 is 0. The van der Waals surface area contributed by atoms with Crippen molar-refractivity contribution in [1.82, 2.24) is 0 Å². The molecule has 2 aliphatic rings. The van der Waals surface area contributed by atoms with Gasteiger partial charge in [0.15, 0.2) is 0 Å². The minimum Gasteiger partial charge on any atom is -0.417 e. The molecule has 0 atom stereocenters. The lowest BCUT2D eigenvalue weighted by Crippen LogP contribution is -2.27. The highest BCUT2D eigenvalue weighted by molar-refractivity contribution is 6.02. The van der Waals surface area contributed by atoms with Gasteiger partial charge in [-0.15, -0.1) is 0 Å². The summed E-state index contributed by atoms with van der Waals surface area (Å²) in [5.74, 6) is 0. The molecule has 5 heteroatoms. The second-order valence-corrected chi connectivity index (χ2v) is 6.22. The van der Waals surface area contributed by atoms with Gasteiger partial charge in [-0.1, -0.05) is 30.3 Å². The number of benzene rings is 2. The van der Waals surface area contributed by atoms with Gasteiger partial charge in [-0.05, 0) is 42.0 Å². The van der Waals surface area contributed by atoms with Crippen molar-refractivity contribution in [3.05, 3.63) is 89.7 Å². The summed E-state index contributed by atoms with van der Waals surface area (Å²) in [6.07, 6.45) is 8.96. The molecule has 130 valence electrons. The third-order valence-corrected chi connectivity index (χ3v) is 4.69. The highest BCUT2D eigenvalue weighted by Crippen LogP contribution is 2.46. The van der Waals surface area contributed by atoms with Crippen LogP contribution in [0, 0.1) is 5.21 Å². The topological polar surface area (TPSA) is 52.8 Å². The van der Waals surface area contributed by atoms with Gasteiger partial charge in [0.25, 0.3) is 5.71 Å². The first kappa shape index (κ1) is 16.0. The number of nitrogens with zero attached hydrogens (tertiary/aromatic N) is 3. The number of rotatable bonds is 2. The summed E-state index contributed by atoms with van der Waals surface area (Å²) in [6, 6.07) is 16.7. The zero-order valence-electron chi connectivity index (χ0n) is 14.4. The molecule has 0 saturated carbocycles. The van der Waals surface area contributed by atoms with E-state index in [0.29, 0.717) is 6.54 Å².